The Morgan fingerprint density at radius 1 is 1.50 bits per heavy atom. The Morgan fingerprint density at radius 2 is 2.21 bits per heavy atom. The van der Waals surface area contributed by atoms with Gasteiger partial charge < -0.3 is 5.32 Å². The van der Waals surface area contributed by atoms with Gasteiger partial charge in [-0.2, -0.15) is 0 Å². The number of anilines is 1. The number of nitrogens with one attached hydrogen (secondary N) is 1. The Bertz CT molecular complexity index is 352. The van der Waals surface area contributed by atoms with Crippen LogP contribution in [0.2, 0.25) is 5.02 Å². The van der Waals surface area contributed by atoms with Gasteiger partial charge in [0.2, 0.25) is 0 Å². The summed E-state index contributed by atoms with van der Waals surface area (Å²) < 4.78 is 0.954. The fourth-order valence-electron chi connectivity index (χ4n) is 0.851. The molecule has 0 amide bonds. The van der Waals surface area contributed by atoms with Crippen LogP contribution < -0.4 is 5.32 Å². The van der Waals surface area contributed by atoms with Crippen LogP contribution in [0.25, 0.3) is 0 Å². The second-order valence-electron chi connectivity index (χ2n) is 2.53. The minimum atomic E-state index is 0.460. The molecule has 0 aromatic heterocycles. The van der Waals surface area contributed by atoms with Crippen LogP contribution in [-0.2, 0) is 0 Å². The monoisotopic (exact) mass is 313 g/mol. The van der Waals surface area contributed by atoms with Crippen LogP contribution in [0.5, 0.6) is 0 Å². The Labute approximate surface area is 106 Å². The van der Waals surface area contributed by atoms with Crippen molar-refractivity contribution in [2.75, 3.05) is 11.9 Å². The molecule has 0 fully saturated rings. The van der Waals surface area contributed by atoms with E-state index in [1.807, 2.05) is 12.1 Å². The Morgan fingerprint density at radius 3 is 2.86 bits per heavy atom. The van der Waals surface area contributed by atoms with E-state index in [0.717, 1.165) is 10.2 Å². The van der Waals surface area contributed by atoms with Crippen molar-refractivity contribution < 1.29 is 0 Å². The summed E-state index contributed by atoms with van der Waals surface area (Å²) in [5.74, 6) is 0. The number of benzene rings is 1. The first-order valence-electron chi connectivity index (χ1n) is 3.77. The van der Waals surface area contributed by atoms with Gasteiger partial charge in [-0.1, -0.05) is 50.7 Å². The number of halogens is 4. The van der Waals surface area contributed by atoms with Crippen molar-refractivity contribution in [1.29, 1.82) is 0 Å². The molecule has 0 aliphatic rings. The number of rotatable bonds is 3. The normalized spacial score (nSPS) is 11.6. The molecule has 1 N–H and O–H groups in total. The fraction of sp³-hybridized carbons (Fsp3) is 0.111. The molecular weight excluding hydrogens is 308 g/mol. The lowest BCUT2D eigenvalue weighted by molar-refractivity contribution is 1.31. The molecule has 1 rings (SSSR count). The van der Waals surface area contributed by atoms with Crippen molar-refractivity contribution in [3.05, 3.63) is 38.3 Å². The van der Waals surface area contributed by atoms with Gasteiger partial charge in [0.15, 0.2) is 0 Å². The minimum absolute atomic E-state index is 0.460. The average molecular weight is 315 g/mol. The molecule has 0 unspecified atom stereocenters. The third-order valence-electron chi connectivity index (χ3n) is 1.49. The van der Waals surface area contributed by atoms with Gasteiger partial charge in [0.1, 0.15) is 0 Å². The predicted octanol–water partition coefficient (Wildman–Crippen LogP) is 4.83. The summed E-state index contributed by atoms with van der Waals surface area (Å²) in [4.78, 5) is 0. The van der Waals surface area contributed by atoms with Crippen LogP contribution >= 0.6 is 50.7 Å². The number of hydrogen-bond donors (Lipinski definition) is 1. The van der Waals surface area contributed by atoms with Gasteiger partial charge in [0, 0.05) is 15.0 Å². The molecule has 0 spiro atoms. The second kappa shape index (κ2) is 5.86. The van der Waals surface area contributed by atoms with Crippen LogP contribution in [0.15, 0.2) is 33.2 Å². The van der Waals surface area contributed by atoms with Crippen molar-refractivity contribution >= 4 is 56.4 Å². The van der Waals surface area contributed by atoms with Gasteiger partial charge in [0.25, 0.3) is 0 Å². The summed E-state index contributed by atoms with van der Waals surface area (Å²) in [5, 5.41) is 4.23. The predicted molar refractivity (Wildman–Crippen MR) is 67.4 cm³/mol. The molecule has 5 heteroatoms. The van der Waals surface area contributed by atoms with Gasteiger partial charge in [-0.25, -0.2) is 0 Å². The molecule has 0 atom stereocenters. The summed E-state index contributed by atoms with van der Waals surface area (Å²) >= 11 is 20.4. The van der Waals surface area contributed by atoms with E-state index in [1.165, 1.54) is 5.54 Å². The highest BCUT2D eigenvalue weighted by Gasteiger charge is 2.00. The first kappa shape index (κ1) is 12.2. The lowest BCUT2D eigenvalue weighted by atomic mass is 10.3. The highest BCUT2D eigenvalue weighted by atomic mass is 79.9. The van der Waals surface area contributed by atoms with E-state index in [4.69, 9.17) is 34.8 Å². The molecule has 0 radical (unpaired) electrons. The topological polar surface area (TPSA) is 12.0 Å². The molecule has 1 aromatic rings. The van der Waals surface area contributed by atoms with E-state index in [-0.39, 0.29) is 0 Å². The molecule has 1 nitrogen and oxygen atoms in total. The molecular formula is C9H7BrCl3N. The molecule has 1 aromatic carbocycles. The fourth-order valence-corrected chi connectivity index (χ4v) is 1.54. The Balaban J connectivity index is 2.71. The summed E-state index contributed by atoms with van der Waals surface area (Å²) in [6.45, 7) is 0.460. The maximum absolute atomic E-state index is 5.94. The second-order valence-corrected chi connectivity index (χ2v) is 4.56. The summed E-state index contributed by atoms with van der Waals surface area (Å²) in [6.07, 6.45) is 0. The van der Waals surface area contributed by atoms with Gasteiger partial charge in [-0.15, -0.1) is 0 Å². The zero-order valence-corrected chi connectivity index (χ0v) is 10.9. The van der Waals surface area contributed by atoms with Crippen molar-refractivity contribution in [1.82, 2.24) is 0 Å². The minimum Gasteiger partial charge on any atom is -0.379 e. The maximum Gasteiger partial charge on any atom is 0.0638 e. The molecule has 14 heavy (non-hydrogen) atoms. The first-order chi connectivity index (χ1) is 6.63. The van der Waals surface area contributed by atoms with Crippen molar-refractivity contribution in [3.63, 3.8) is 0 Å². The summed E-state index contributed by atoms with van der Waals surface area (Å²) in [7, 11) is 0. The highest BCUT2D eigenvalue weighted by molar-refractivity contribution is 9.10. The van der Waals surface area contributed by atoms with E-state index >= 15 is 0 Å². The van der Waals surface area contributed by atoms with Gasteiger partial charge in [0.05, 0.1) is 17.3 Å². The SMILES string of the molecule is ClC=C(Cl)CNc1cc(Br)ccc1Cl. The van der Waals surface area contributed by atoms with Gasteiger partial charge in [-0.3, -0.25) is 0 Å². The van der Waals surface area contributed by atoms with Crippen LogP contribution in [0.4, 0.5) is 5.69 Å². The van der Waals surface area contributed by atoms with E-state index in [2.05, 4.69) is 21.2 Å². The molecule has 0 aliphatic carbocycles. The molecule has 0 saturated heterocycles. The first-order valence-corrected chi connectivity index (χ1v) is 5.75. The van der Waals surface area contributed by atoms with Crippen LogP contribution in [0.1, 0.15) is 0 Å². The zero-order valence-electron chi connectivity index (χ0n) is 7.03. The smallest absolute Gasteiger partial charge is 0.0638 e. The van der Waals surface area contributed by atoms with Crippen LogP contribution in [-0.4, -0.2) is 6.54 Å². The quantitative estimate of drug-likeness (QED) is 0.842. The van der Waals surface area contributed by atoms with Crippen molar-refractivity contribution in [2.24, 2.45) is 0 Å². The van der Waals surface area contributed by atoms with Crippen molar-refractivity contribution in [2.45, 2.75) is 0 Å². The number of hydrogen-bond acceptors (Lipinski definition) is 1. The maximum atomic E-state index is 5.94. The average Bonchev–Trinajstić information content (AvgIpc) is 2.19. The van der Waals surface area contributed by atoms with Crippen LogP contribution in [0.3, 0.4) is 0 Å². The van der Waals surface area contributed by atoms with E-state index in [1.54, 1.807) is 6.07 Å². The molecule has 0 heterocycles. The highest BCUT2D eigenvalue weighted by Crippen LogP contribution is 2.25. The molecule has 0 aliphatic heterocycles. The van der Waals surface area contributed by atoms with E-state index < -0.39 is 0 Å². The molecule has 0 bridgehead atoms. The molecule has 0 saturated carbocycles. The third-order valence-corrected chi connectivity index (χ3v) is 2.94. The standard InChI is InChI=1S/C9H7BrCl3N/c10-6-1-2-8(13)9(3-6)14-5-7(12)4-11/h1-4,14H,5H2. The Kier molecular flexibility index (Phi) is 5.10. The Hall–Kier alpha value is 0.110. The summed E-state index contributed by atoms with van der Waals surface area (Å²) in [6, 6.07) is 5.54. The van der Waals surface area contributed by atoms with Crippen molar-refractivity contribution in [3.8, 4) is 0 Å². The molecule has 76 valence electrons. The lowest BCUT2D eigenvalue weighted by Gasteiger charge is -2.07. The van der Waals surface area contributed by atoms with E-state index in [9.17, 15) is 0 Å². The van der Waals surface area contributed by atoms with Crippen LogP contribution in [0, 0.1) is 0 Å². The van der Waals surface area contributed by atoms with Gasteiger partial charge >= 0.3 is 0 Å². The third kappa shape index (κ3) is 3.70. The van der Waals surface area contributed by atoms with E-state index in [0.29, 0.717) is 16.6 Å². The summed E-state index contributed by atoms with van der Waals surface area (Å²) in [5.41, 5.74) is 2.14. The van der Waals surface area contributed by atoms with Gasteiger partial charge in [-0.05, 0) is 18.2 Å². The largest absolute Gasteiger partial charge is 0.379 e. The lowest BCUT2D eigenvalue weighted by Crippen LogP contribution is -2.01. The zero-order chi connectivity index (χ0) is 10.6.